The van der Waals surface area contributed by atoms with Crippen LogP contribution in [0.15, 0.2) is 48.5 Å². The number of anilines is 1. The summed E-state index contributed by atoms with van der Waals surface area (Å²) in [6, 6.07) is 15.1. The molecule has 1 fully saturated rings. The molecular weight excluding hydrogens is 324 g/mol. The summed E-state index contributed by atoms with van der Waals surface area (Å²) in [6.07, 6.45) is 0.250. The summed E-state index contributed by atoms with van der Waals surface area (Å²) in [5.74, 6) is -0.411. The molecule has 0 spiro atoms. The molecule has 1 atom stereocenters. The lowest BCUT2D eigenvalue weighted by molar-refractivity contribution is -0.126. The first-order valence-corrected chi connectivity index (χ1v) is 8.30. The Morgan fingerprint density at radius 2 is 2.00 bits per heavy atom. The van der Waals surface area contributed by atoms with Crippen molar-refractivity contribution < 1.29 is 9.59 Å². The quantitative estimate of drug-likeness (QED) is 0.926. The van der Waals surface area contributed by atoms with Crippen LogP contribution in [0, 0.1) is 12.8 Å². The Morgan fingerprint density at radius 3 is 2.71 bits per heavy atom. The number of hydrogen-bond donors (Lipinski definition) is 1. The zero-order valence-corrected chi connectivity index (χ0v) is 14.2. The van der Waals surface area contributed by atoms with Crippen molar-refractivity contribution in [2.24, 2.45) is 5.92 Å². The lowest BCUT2D eigenvalue weighted by Gasteiger charge is -2.17. The molecule has 0 radical (unpaired) electrons. The minimum absolute atomic E-state index is 0.00718. The van der Waals surface area contributed by atoms with Gasteiger partial charge in [0.25, 0.3) is 0 Å². The first kappa shape index (κ1) is 16.5. The van der Waals surface area contributed by atoms with Crippen LogP contribution in [0.2, 0.25) is 5.02 Å². The Labute approximate surface area is 146 Å². The van der Waals surface area contributed by atoms with Crippen molar-refractivity contribution in [3.05, 3.63) is 64.7 Å². The molecule has 2 aromatic rings. The lowest BCUT2D eigenvalue weighted by Crippen LogP contribution is -2.32. The van der Waals surface area contributed by atoms with Gasteiger partial charge in [0.1, 0.15) is 0 Å². The summed E-state index contributed by atoms with van der Waals surface area (Å²) in [7, 11) is 0. The Hall–Kier alpha value is -2.33. The molecule has 4 nitrogen and oxygen atoms in total. The summed E-state index contributed by atoms with van der Waals surface area (Å²) in [4.78, 5) is 26.3. The summed E-state index contributed by atoms with van der Waals surface area (Å²) in [6.45, 7) is 2.85. The van der Waals surface area contributed by atoms with E-state index in [0.717, 1.165) is 16.8 Å². The Morgan fingerprint density at radius 1 is 1.25 bits per heavy atom. The van der Waals surface area contributed by atoms with Crippen molar-refractivity contribution in [2.45, 2.75) is 19.9 Å². The predicted molar refractivity (Wildman–Crippen MR) is 94.9 cm³/mol. The molecule has 1 unspecified atom stereocenters. The number of hydrogen-bond acceptors (Lipinski definition) is 2. The van der Waals surface area contributed by atoms with E-state index in [9.17, 15) is 9.59 Å². The topological polar surface area (TPSA) is 49.4 Å². The van der Waals surface area contributed by atoms with Gasteiger partial charge in [-0.15, -0.1) is 0 Å². The van der Waals surface area contributed by atoms with E-state index in [1.165, 1.54) is 0 Å². The number of nitrogens with zero attached hydrogens (tertiary/aromatic N) is 1. The third-order valence-corrected chi connectivity index (χ3v) is 4.44. The first-order valence-electron chi connectivity index (χ1n) is 7.92. The van der Waals surface area contributed by atoms with Gasteiger partial charge >= 0.3 is 0 Å². The number of carbonyl (C=O) groups is 2. The molecule has 2 amide bonds. The van der Waals surface area contributed by atoms with Crippen LogP contribution in [0.25, 0.3) is 0 Å². The number of benzene rings is 2. The highest BCUT2D eigenvalue weighted by Gasteiger charge is 2.34. The summed E-state index contributed by atoms with van der Waals surface area (Å²) in [5.41, 5.74) is 2.93. The number of nitrogens with one attached hydrogen (secondary N) is 1. The van der Waals surface area contributed by atoms with Crippen LogP contribution in [0.1, 0.15) is 17.5 Å². The van der Waals surface area contributed by atoms with Gasteiger partial charge in [0.2, 0.25) is 11.8 Å². The normalized spacial score (nSPS) is 17.2. The Balaban J connectivity index is 1.60. The number of halogens is 1. The van der Waals surface area contributed by atoms with Gasteiger partial charge in [-0.3, -0.25) is 9.59 Å². The van der Waals surface area contributed by atoms with E-state index in [1.54, 1.807) is 17.0 Å². The van der Waals surface area contributed by atoms with E-state index >= 15 is 0 Å². The molecule has 24 heavy (non-hydrogen) atoms. The van der Waals surface area contributed by atoms with E-state index in [4.69, 9.17) is 11.6 Å². The molecule has 0 aliphatic carbocycles. The molecule has 1 heterocycles. The van der Waals surface area contributed by atoms with Crippen LogP contribution in [0.5, 0.6) is 0 Å². The van der Waals surface area contributed by atoms with Gasteiger partial charge in [0, 0.05) is 30.2 Å². The number of aryl methyl sites for hydroxylation is 1. The molecule has 1 saturated heterocycles. The smallest absolute Gasteiger partial charge is 0.227 e. The van der Waals surface area contributed by atoms with E-state index in [2.05, 4.69) is 5.32 Å². The van der Waals surface area contributed by atoms with Crippen LogP contribution in [-0.2, 0) is 16.1 Å². The largest absolute Gasteiger partial charge is 0.352 e. The molecule has 0 saturated carbocycles. The second kappa shape index (κ2) is 7.05. The minimum Gasteiger partial charge on any atom is -0.352 e. The zero-order chi connectivity index (χ0) is 17.1. The number of amides is 2. The molecule has 2 aromatic carbocycles. The summed E-state index contributed by atoms with van der Waals surface area (Å²) < 4.78 is 0. The second-order valence-electron chi connectivity index (χ2n) is 6.09. The van der Waals surface area contributed by atoms with Gasteiger partial charge in [-0.2, -0.15) is 0 Å². The fourth-order valence-electron chi connectivity index (χ4n) is 2.86. The maximum Gasteiger partial charge on any atom is 0.227 e. The highest BCUT2D eigenvalue weighted by molar-refractivity contribution is 6.30. The van der Waals surface area contributed by atoms with E-state index in [1.807, 2.05) is 43.3 Å². The van der Waals surface area contributed by atoms with Gasteiger partial charge < -0.3 is 10.2 Å². The highest BCUT2D eigenvalue weighted by Crippen LogP contribution is 2.25. The number of carbonyl (C=O) groups excluding carboxylic acids is 2. The van der Waals surface area contributed by atoms with Crippen molar-refractivity contribution >= 4 is 29.1 Å². The van der Waals surface area contributed by atoms with Crippen LogP contribution in [0.4, 0.5) is 5.69 Å². The average Bonchev–Trinajstić information content (AvgIpc) is 2.96. The average molecular weight is 343 g/mol. The van der Waals surface area contributed by atoms with E-state index in [-0.39, 0.29) is 24.2 Å². The molecule has 0 bridgehead atoms. The van der Waals surface area contributed by atoms with Crippen molar-refractivity contribution in [3.63, 3.8) is 0 Å². The van der Waals surface area contributed by atoms with Gasteiger partial charge in [-0.05, 0) is 42.3 Å². The third-order valence-electron chi connectivity index (χ3n) is 4.19. The highest BCUT2D eigenvalue weighted by atomic mass is 35.5. The molecule has 3 rings (SSSR count). The van der Waals surface area contributed by atoms with Crippen LogP contribution < -0.4 is 10.2 Å². The van der Waals surface area contributed by atoms with Crippen LogP contribution in [-0.4, -0.2) is 18.4 Å². The van der Waals surface area contributed by atoms with Gasteiger partial charge in [0.05, 0.1) is 5.92 Å². The van der Waals surface area contributed by atoms with Crippen molar-refractivity contribution in [3.8, 4) is 0 Å². The molecule has 1 aliphatic heterocycles. The predicted octanol–water partition coefficient (Wildman–Crippen LogP) is 3.32. The molecular formula is C19H19ClN2O2. The molecule has 5 heteroatoms. The second-order valence-corrected chi connectivity index (χ2v) is 6.53. The van der Waals surface area contributed by atoms with Crippen molar-refractivity contribution in [2.75, 3.05) is 11.4 Å². The van der Waals surface area contributed by atoms with E-state index in [0.29, 0.717) is 18.1 Å². The summed E-state index contributed by atoms with van der Waals surface area (Å²) >= 11 is 5.85. The molecule has 1 aliphatic rings. The van der Waals surface area contributed by atoms with Gasteiger partial charge in [-0.1, -0.05) is 35.9 Å². The maximum atomic E-state index is 12.4. The molecule has 1 N–H and O–H groups in total. The Bertz CT molecular complexity index is 758. The van der Waals surface area contributed by atoms with Gasteiger partial charge in [-0.25, -0.2) is 0 Å². The molecule has 0 aromatic heterocycles. The summed E-state index contributed by atoms with van der Waals surface area (Å²) in [5, 5.41) is 3.57. The zero-order valence-electron chi connectivity index (χ0n) is 13.5. The van der Waals surface area contributed by atoms with Crippen LogP contribution >= 0.6 is 11.6 Å². The standard InChI is InChI=1S/C19H19ClN2O2/c1-13-3-2-4-17(9-13)22-12-15(10-18(22)23)19(24)21-11-14-5-7-16(20)8-6-14/h2-9,15H,10-12H2,1H3,(H,21,24). The third kappa shape index (κ3) is 3.77. The Kier molecular flexibility index (Phi) is 4.86. The van der Waals surface area contributed by atoms with Crippen LogP contribution in [0.3, 0.4) is 0 Å². The van der Waals surface area contributed by atoms with Gasteiger partial charge in [0.15, 0.2) is 0 Å². The number of rotatable bonds is 4. The monoisotopic (exact) mass is 342 g/mol. The molecule has 124 valence electrons. The fourth-order valence-corrected chi connectivity index (χ4v) is 2.99. The lowest BCUT2D eigenvalue weighted by atomic mass is 10.1. The van der Waals surface area contributed by atoms with Crippen molar-refractivity contribution in [1.29, 1.82) is 0 Å². The van der Waals surface area contributed by atoms with E-state index < -0.39 is 0 Å². The first-order chi connectivity index (χ1) is 11.5. The fraction of sp³-hybridized carbons (Fsp3) is 0.263. The maximum absolute atomic E-state index is 12.4. The minimum atomic E-state index is -0.315. The SMILES string of the molecule is Cc1cccc(N2CC(C(=O)NCc3ccc(Cl)cc3)CC2=O)c1. The van der Waals surface area contributed by atoms with Crippen molar-refractivity contribution in [1.82, 2.24) is 5.32 Å².